The zero-order valence-electron chi connectivity index (χ0n) is 2.87. The molecule has 0 aromatic rings. The van der Waals surface area contributed by atoms with Crippen molar-refractivity contribution in [2.75, 3.05) is 0 Å². The molecule has 0 nitrogen and oxygen atoms in total. The molecular weight excluding hydrogens is 256 g/mol. The van der Waals surface area contributed by atoms with Crippen LogP contribution >= 0.6 is 0 Å². The molecule has 6 heteroatoms. The Balaban J connectivity index is 0. The summed E-state index contributed by atoms with van der Waals surface area (Å²) in [7, 11) is 0. The maximum atomic E-state index is 0. The van der Waals surface area contributed by atoms with Crippen LogP contribution in [0.15, 0.2) is 0 Å². The SMILES string of the molecule is [F-].[F-].[F-].[F-].[Gd+3].[Na+]. The summed E-state index contributed by atoms with van der Waals surface area (Å²) in [5.74, 6) is 0. The van der Waals surface area contributed by atoms with Gasteiger partial charge in [0.25, 0.3) is 0 Å². The first kappa shape index (κ1) is 95.5. The molecule has 0 aliphatic rings. The van der Waals surface area contributed by atoms with E-state index in [-0.39, 0.29) is 88.3 Å². The molecule has 0 aliphatic heterocycles. The van der Waals surface area contributed by atoms with E-state index in [0.717, 1.165) is 0 Å². The van der Waals surface area contributed by atoms with Crippen molar-refractivity contribution in [3.8, 4) is 0 Å². The molecule has 1 radical (unpaired) electrons. The summed E-state index contributed by atoms with van der Waals surface area (Å²) in [6.07, 6.45) is 0. The van der Waals surface area contributed by atoms with Crippen LogP contribution in [-0.4, -0.2) is 0 Å². The van der Waals surface area contributed by atoms with Crippen molar-refractivity contribution >= 4 is 0 Å². The summed E-state index contributed by atoms with van der Waals surface area (Å²) in [4.78, 5) is 0. The van der Waals surface area contributed by atoms with E-state index in [9.17, 15) is 0 Å². The van der Waals surface area contributed by atoms with Gasteiger partial charge in [0.05, 0.1) is 0 Å². The van der Waals surface area contributed by atoms with Crippen molar-refractivity contribution in [1.29, 1.82) is 0 Å². The Bertz CT molecular complexity index is 7.51. The molecule has 0 N–H and O–H groups in total. The molecule has 0 aromatic heterocycles. The van der Waals surface area contributed by atoms with E-state index in [1.807, 2.05) is 0 Å². The summed E-state index contributed by atoms with van der Waals surface area (Å²) in [5, 5.41) is 0. The molecule has 0 rings (SSSR count). The number of hydrogen-bond acceptors (Lipinski definition) is 0. The van der Waals surface area contributed by atoms with Gasteiger partial charge in [-0.25, -0.2) is 0 Å². The van der Waals surface area contributed by atoms with Crippen LogP contribution in [0.1, 0.15) is 0 Å². The van der Waals surface area contributed by atoms with Crippen molar-refractivity contribution in [2.24, 2.45) is 0 Å². The molecule has 6 heavy (non-hydrogen) atoms. The average molecular weight is 256 g/mol. The first-order chi connectivity index (χ1) is 0. The van der Waals surface area contributed by atoms with Crippen molar-refractivity contribution in [3.63, 3.8) is 0 Å². The Labute approximate surface area is 86.9 Å². The molecule has 0 heterocycles. The van der Waals surface area contributed by atoms with Gasteiger partial charge in [0.15, 0.2) is 0 Å². The number of hydrogen-bond donors (Lipinski definition) is 0. The Kier molecular flexibility index (Phi) is 980. The minimum absolute atomic E-state index is 0. The second-order valence-corrected chi connectivity index (χ2v) is 0. The molecule has 0 spiro atoms. The van der Waals surface area contributed by atoms with Crippen LogP contribution in [0.25, 0.3) is 0 Å². The Hall–Kier alpha value is 2.04. The molecule has 0 aliphatic carbocycles. The number of halogens is 4. The van der Waals surface area contributed by atoms with E-state index in [0.29, 0.717) is 0 Å². The molecule has 0 amide bonds. The maximum absolute atomic E-state index is 0. The second-order valence-electron chi connectivity index (χ2n) is 0. The third-order valence-electron chi connectivity index (χ3n) is 0. The van der Waals surface area contributed by atoms with Gasteiger partial charge in [0.2, 0.25) is 0 Å². The molecule has 0 atom stereocenters. The molecule has 0 saturated carbocycles. The molecule has 0 unspecified atom stereocenters. The summed E-state index contributed by atoms with van der Waals surface area (Å²) in [6.45, 7) is 0. The van der Waals surface area contributed by atoms with Gasteiger partial charge >= 0.3 is 69.5 Å². The molecule has 0 bridgehead atoms. The molecule has 0 saturated heterocycles. The van der Waals surface area contributed by atoms with Crippen molar-refractivity contribution in [1.82, 2.24) is 0 Å². The smallest absolute Gasteiger partial charge is 1.00 e. The first-order valence-electron chi connectivity index (χ1n) is 0. The van der Waals surface area contributed by atoms with Crippen LogP contribution in [0.4, 0.5) is 0 Å². The van der Waals surface area contributed by atoms with Crippen molar-refractivity contribution < 1.29 is 88.3 Å². The Morgan fingerprint density at radius 1 is 0.500 bits per heavy atom. The fraction of sp³-hybridized carbons (Fsp3) is 0. The minimum atomic E-state index is 0. The van der Waals surface area contributed by atoms with Crippen LogP contribution in [0.3, 0.4) is 0 Å². The number of rotatable bonds is 0. The zero-order valence-corrected chi connectivity index (χ0v) is 7.13. The summed E-state index contributed by atoms with van der Waals surface area (Å²) >= 11 is 0. The van der Waals surface area contributed by atoms with Crippen LogP contribution in [0, 0.1) is 39.9 Å². The summed E-state index contributed by atoms with van der Waals surface area (Å²) in [5.41, 5.74) is 0. The zero-order chi connectivity index (χ0) is 0. The van der Waals surface area contributed by atoms with Gasteiger partial charge in [-0.2, -0.15) is 0 Å². The van der Waals surface area contributed by atoms with Gasteiger partial charge in [0.1, 0.15) is 0 Å². The largest absolute Gasteiger partial charge is 3.00 e. The van der Waals surface area contributed by atoms with Crippen molar-refractivity contribution in [2.45, 2.75) is 0 Å². The van der Waals surface area contributed by atoms with Gasteiger partial charge in [0, 0.05) is 0 Å². The van der Waals surface area contributed by atoms with Gasteiger partial charge in [-0.3, -0.25) is 0 Å². The van der Waals surface area contributed by atoms with Crippen LogP contribution in [0.5, 0.6) is 0 Å². The molecule has 0 aromatic carbocycles. The molecule has 37 valence electrons. The topological polar surface area (TPSA) is 0 Å². The van der Waals surface area contributed by atoms with E-state index in [1.54, 1.807) is 0 Å². The monoisotopic (exact) mass is 257 g/mol. The predicted octanol–water partition coefficient (Wildman–Crippen LogP) is -15.0. The van der Waals surface area contributed by atoms with Crippen LogP contribution in [-0.2, 0) is 0 Å². The van der Waals surface area contributed by atoms with Crippen LogP contribution < -0.4 is 48.4 Å². The Morgan fingerprint density at radius 2 is 0.500 bits per heavy atom. The summed E-state index contributed by atoms with van der Waals surface area (Å²) < 4.78 is 0. The molecule has 0 fully saturated rings. The summed E-state index contributed by atoms with van der Waals surface area (Å²) in [6, 6.07) is 0. The van der Waals surface area contributed by atoms with Crippen LogP contribution in [0.2, 0.25) is 0 Å². The molecular formula is F4GdNa. The van der Waals surface area contributed by atoms with Gasteiger partial charge in [-0.05, 0) is 0 Å². The van der Waals surface area contributed by atoms with Gasteiger partial charge in [-0.1, -0.05) is 0 Å². The minimum Gasteiger partial charge on any atom is -1.00 e. The van der Waals surface area contributed by atoms with E-state index < -0.39 is 0 Å². The van der Waals surface area contributed by atoms with Gasteiger partial charge < -0.3 is 18.8 Å². The first-order valence-corrected chi connectivity index (χ1v) is 0. The maximum Gasteiger partial charge on any atom is 3.00 e. The normalized spacial score (nSPS) is 0. The standard InChI is InChI=1S/4FH.Gd.Na/h4*1H;;/q;;;;+3;+1/p-4. The fourth-order valence-electron chi connectivity index (χ4n) is 0. The van der Waals surface area contributed by atoms with Gasteiger partial charge in [-0.15, -0.1) is 0 Å². The quantitative estimate of drug-likeness (QED) is 0.298. The van der Waals surface area contributed by atoms with E-state index >= 15 is 0 Å². The Morgan fingerprint density at radius 3 is 0.500 bits per heavy atom. The average Bonchev–Trinajstić information content (AvgIpc) is 0. The fourth-order valence-corrected chi connectivity index (χ4v) is 0. The predicted molar refractivity (Wildman–Crippen MR) is 0 cm³/mol. The van der Waals surface area contributed by atoms with E-state index in [2.05, 4.69) is 0 Å². The van der Waals surface area contributed by atoms with Crippen molar-refractivity contribution in [3.05, 3.63) is 0 Å². The van der Waals surface area contributed by atoms with E-state index in [1.165, 1.54) is 0 Å². The van der Waals surface area contributed by atoms with E-state index in [4.69, 9.17) is 0 Å². The third-order valence-corrected chi connectivity index (χ3v) is 0. The second kappa shape index (κ2) is 61.6. The third kappa shape index (κ3) is 36.8.